The number of nitrogens with one attached hydrogen (secondary N) is 1. The molecule has 106 valence electrons. The van der Waals surface area contributed by atoms with Gasteiger partial charge in [0.15, 0.2) is 6.29 Å². The highest BCUT2D eigenvalue weighted by molar-refractivity contribution is 6.05. The Hall–Kier alpha value is -2.49. The zero-order valence-electron chi connectivity index (χ0n) is 11.6. The molecule has 0 spiro atoms. The van der Waals surface area contributed by atoms with E-state index in [1.165, 1.54) is 12.1 Å². The maximum Gasteiger partial charge on any atom is 0.152 e. The first kappa shape index (κ1) is 13.5. The minimum Gasteiger partial charge on any atom is -0.354 e. The number of aromatic amines is 1. The number of aryl methyl sites for hydroxylation is 2. The van der Waals surface area contributed by atoms with Gasteiger partial charge in [0.2, 0.25) is 0 Å². The predicted molar refractivity (Wildman–Crippen MR) is 78.5 cm³/mol. The van der Waals surface area contributed by atoms with E-state index in [2.05, 4.69) is 4.98 Å². The molecule has 0 aliphatic carbocycles. The molecule has 0 saturated heterocycles. The van der Waals surface area contributed by atoms with Crippen LogP contribution in [0.15, 0.2) is 30.3 Å². The van der Waals surface area contributed by atoms with Gasteiger partial charge in [0.25, 0.3) is 0 Å². The van der Waals surface area contributed by atoms with E-state index in [-0.39, 0.29) is 0 Å². The third-order valence-electron chi connectivity index (χ3n) is 3.81. The number of hydrogen-bond donors (Lipinski definition) is 1. The van der Waals surface area contributed by atoms with Crippen molar-refractivity contribution in [3.05, 3.63) is 58.7 Å². The maximum atomic E-state index is 13.4. The van der Waals surface area contributed by atoms with Crippen LogP contribution in [0.4, 0.5) is 8.78 Å². The zero-order chi connectivity index (χ0) is 15.1. The Morgan fingerprint density at radius 2 is 1.71 bits per heavy atom. The summed E-state index contributed by atoms with van der Waals surface area (Å²) in [4.78, 5) is 14.6. The van der Waals surface area contributed by atoms with Gasteiger partial charge in [-0.25, -0.2) is 8.78 Å². The number of fused-ring (bicyclic) bond motifs is 1. The number of aromatic nitrogens is 1. The van der Waals surface area contributed by atoms with Gasteiger partial charge in [0, 0.05) is 28.1 Å². The van der Waals surface area contributed by atoms with Crippen molar-refractivity contribution >= 4 is 17.2 Å². The molecule has 0 atom stereocenters. The van der Waals surface area contributed by atoms with E-state index in [0.29, 0.717) is 23.1 Å². The standard InChI is InChI=1S/C17H13F2NO/c1-9-3-4-14-15(8-21)17(20-16(14)10(9)2)11-5-12(18)7-13(19)6-11/h3-8,20H,1-2H3. The smallest absolute Gasteiger partial charge is 0.152 e. The first-order chi connectivity index (χ1) is 10.0. The SMILES string of the molecule is Cc1ccc2c(C=O)c(-c3cc(F)cc(F)c3)[nH]c2c1C. The van der Waals surface area contributed by atoms with E-state index in [4.69, 9.17) is 0 Å². The molecule has 0 unspecified atom stereocenters. The molecule has 0 aliphatic rings. The van der Waals surface area contributed by atoms with Crippen LogP contribution in [0.5, 0.6) is 0 Å². The van der Waals surface area contributed by atoms with Crippen LogP contribution in [0.1, 0.15) is 21.5 Å². The van der Waals surface area contributed by atoms with E-state index < -0.39 is 11.6 Å². The highest BCUT2D eigenvalue weighted by Crippen LogP contribution is 2.32. The minimum absolute atomic E-state index is 0.322. The van der Waals surface area contributed by atoms with Crippen molar-refractivity contribution < 1.29 is 13.6 Å². The molecule has 1 heterocycles. The molecule has 0 amide bonds. The van der Waals surface area contributed by atoms with Gasteiger partial charge in [-0.3, -0.25) is 4.79 Å². The van der Waals surface area contributed by atoms with Crippen LogP contribution >= 0.6 is 0 Å². The van der Waals surface area contributed by atoms with Crippen molar-refractivity contribution in [3.63, 3.8) is 0 Å². The van der Waals surface area contributed by atoms with E-state index in [9.17, 15) is 13.6 Å². The van der Waals surface area contributed by atoms with Gasteiger partial charge >= 0.3 is 0 Å². The average molecular weight is 285 g/mol. The van der Waals surface area contributed by atoms with E-state index in [1.807, 2.05) is 26.0 Å². The van der Waals surface area contributed by atoms with E-state index >= 15 is 0 Å². The Bertz CT molecular complexity index is 845. The lowest BCUT2D eigenvalue weighted by atomic mass is 10.0. The fourth-order valence-electron chi connectivity index (χ4n) is 2.58. The quantitative estimate of drug-likeness (QED) is 0.689. The van der Waals surface area contributed by atoms with Crippen molar-refractivity contribution in [1.29, 1.82) is 0 Å². The Labute approximate surface area is 120 Å². The molecule has 3 rings (SSSR count). The number of H-pyrrole nitrogens is 1. The van der Waals surface area contributed by atoms with Crippen LogP contribution in [0.2, 0.25) is 0 Å². The summed E-state index contributed by atoms with van der Waals surface area (Å²) in [6, 6.07) is 7.00. The molecule has 1 N–H and O–H groups in total. The molecule has 0 radical (unpaired) electrons. The van der Waals surface area contributed by atoms with Crippen molar-refractivity contribution in [2.45, 2.75) is 13.8 Å². The van der Waals surface area contributed by atoms with Gasteiger partial charge in [-0.2, -0.15) is 0 Å². The van der Waals surface area contributed by atoms with Crippen molar-refractivity contribution in [2.75, 3.05) is 0 Å². The van der Waals surface area contributed by atoms with Crippen LogP contribution in [0.25, 0.3) is 22.2 Å². The molecule has 21 heavy (non-hydrogen) atoms. The number of benzene rings is 2. The third-order valence-corrected chi connectivity index (χ3v) is 3.81. The van der Waals surface area contributed by atoms with Gasteiger partial charge in [-0.05, 0) is 37.1 Å². The summed E-state index contributed by atoms with van der Waals surface area (Å²) in [6.07, 6.45) is 0.714. The molecule has 0 saturated carbocycles. The normalized spacial score (nSPS) is 11.0. The second-order valence-electron chi connectivity index (χ2n) is 5.12. The van der Waals surface area contributed by atoms with Crippen molar-refractivity contribution in [1.82, 2.24) is 4.98 Å². The van der Waals surface area contributed by atoms with Crippen molar-refractivity contribution in [2.24, 2.45) is 0 Å². The highest BCUT2D eigenvalue weighted by Gasteiger charge is 2.16. The van der Waals surface area contributed by atoms with Crippen LogP contribution < -0.4 is 0 Å². The Kier molecular flexibility index (Phi) is 3.09. The van der Waals surface area contributed by atoms with Crippen LogP contribution in [-0.2, 0) is 0 Å². The number of carbonyl (C=O) groups excluding carboxylic acids is 1. The first-order valence-corrected chi connectivity index (χ1v) is 6.55. The summed E-state index contributed by atoms with van der Waals surface area (Å²) in [6.45, 7) is 3.91. The third kappa shape index (κ3) is 2.13. The largest absolute Gasteiger partial charge is 0.354 e. The Balaban J connectivity index is 2.37. The molecule has 0 aliphatic heterocycles. The van der Waals surface area contributed by atoms with Gasteiger partial charge < -0.3 is 4.98 Å². The van der Waals surface area contributed by atoms with Crippen LogP contribution in [0.3, 0.4) is 0 Å². The second-order valence-corrected chi connectivity index (χ2v) is 5.12. The summed E-state index contributed by atoms with van der Waals surface area (Å²) in [5.74, 6) is -1.35. The summed E-state index contributed by atoms with van der Waals surface area (Å²) < 4.78 is 26.8. The van der Waals surface area contributed by atoms with Gasteiger partial charge in [0.05, 0.1) is 5.69 Å². The topological polar surface area (TPSA) is 32.9 Å². The lowest BCUT2D eigenvalue weighted by molar-refractivity contribution is 0.112. The second kappa shape index (κ2) is 4.81. The molecular weight excluding hydrogens is 272 g/mol. The van der Waals surface area contributed by atoms with Gasteiger partial charge in [0.1, 0.15) is 11.6 Å². The summed E-state index contributed by atoms with van der Waals surface area (Å²) in [5.41, 5.74) is 4.08. The minimum atomic E-state index is -0.673. The van der Waals surface area contributed by atoms with Gasteiger partial charge in [-0.15, -0.1) is 0 Å². The lowest BCUT2D eigenvalue weighted by Gasteiger charge is -2.01. The molecule has 3 aromatic rings. The molecule has 1 aromatic heterocycles. The molecule has 2 aromatic carbocycles. The molecule has 0 bridgehead atoms. The summed E-state index contributed by atoms with van der Waals surface area (Å²) >= 11 is 0. The lowest BCUT2D eigenvalue weighted by Crippen LogP contribution is -1.88. The number of rotatable bonds is 2. The number of hydrogen-bond acceptors (Lipinski definition) is 1. The fourth-order valence-corrected chi connectivity index (χ4v) is 2.58. The highest BCUT2D eigenvalue weighted by atomic mass is 19.1. The fraction of sp³-hybridized carbons (Fsp3) is 0.118. The van der Waals surface area contributed by atoms with Crippen LogP contribution in [-0.4, -0.2) is 11.3 Å². The maximum absolute atomic E-state index is 13.4. The van der Waals surface area contributed by atoms with E-state index in [1.54, 1.807) is 0 Å². The Morgan fingerprint density at radius 3 is 2.33 bits per heavy atom. The zero-order valence-corrected chi connectivity index (χ0v) is 11.6. The average Bonchev–Trinajstić information content (AvgIpc) is 2.81. The Morgan fingerprint density at radius 1 is 1.05 bits per heavy atom. The summed E-state index contributed by atoms with van der Waals surface area (Å²) in [7, 11) is 0. The number of aldehydes is 1. The van der Waals surface area contributed by atoms with Crippen LogP contribution in [0, 0.1) is 25.5 Å². The molecule has 0 fully saturated rings. The van der Waals surface area contributed by atoms with Gasteiger partial charge in [-0.1, -0.05) is 12.1 Å². The van der Waals surface area contributed by atoms with E-state index in [0.717, 1.165) is 28.1 Å². The molecular formula is C17H13F2NO. The number of carbonyl (C=O) groups is 1. The molecule has 4 heteroatoms. The molecule has 2 nitrogen and oxygen atoms in total. The first-order valence-electron chi connectivity index (χ1n) is 6.55. The monoisotopic (exact) mass is 285 g/mol. The number of halogens is 2. The van der Waals surface area contributed by atoms with Crippen molar-refractivity contribution in [3.8, 4) is 11.3 Å². The summed E-state index contributed by atoms with van der Waals surface area (Å²) in [5, 5.41) is 0.757. The predicted octanol–water partition coefficient (Wildman–Crippen LogP) is 4.54.